The van der Waals surface area contributed by atoms with E-state index in [-0.39, 0.29) is 5.91 Å². The molecule has 3 aliphatic heterocycles. The van der Waals surface area contributed by atoms with E-state index in [0.717, 1.165) is 21.8 Å². The van der Waals surface area contributed by atoms with Crippen molar-refractivity contribution in [3.63, 3.8) is 0 Å². The van der Waals surface area contributed by atoms with Crippen molar-refractivity contribution in [2.75, 3.05) is 34.4 Å². The zero-order chi connectivity index (χ0) is 23.6. The van der Waals surface area contributed by atoms with Crippen LogP contribution in [0.5, 0.6) is 17.2 Å². The van der Waals surface area contributed by atoms with Crippen molar-refractivity contribution in [3.05, 3.63) is 48.7 Å². The number of imide groups is 1. The molecule has 0 N–H and O–H groups in total. The number of fused-ring (bicyclic) bond motifs is 4. The first-order valence-corrected chi connectivity index (χ1v) is 10.8. The maximum Gasteiger partial charge on any atom is 0.407 e. The summed E-state index contributed by atoms with van der Waals surface area (Å²) >= 11 is 0. The van der Waals surface area contributed by atoms with Crippen molar-refractivity contribution in [2.45, 2.75) is 6.04 Å². The van der Waals surface area contributed by atoms with Crippen molar-refractivity contribution in [3.8, 4) is 34.2 Å². The summed E-state index contributed by atoms with van der Waals surface area (Å²) in [6.07, 6.45) is 1.89. The van der Waals surface area contributed by atoms with Gasteiger partial charge in [-0.2, -0.15) is 4.57 Å². The highest BCUT2D eigenvalue weighted by Crippen LogP contribution is 2.38. The van der Waals surface area contributed by atoms with Gasteiger partial charge >= 0.3 is 12.0 Å². The number of carbonyl (C=O) groups excluding carboxylic acids is 2. The molecular weight excluding hydrogens is 438 g/mol. The number of urea groups is 1. The second-order valence-electron chi connectivity index (χ2n) is 8.23. The van der Waals surface area contributed by atoms with Crippen LogP contribution in [0.3, 0.4) is 0 Å². The molecule has 1 unspecified atom stereocenters. The molecule has 3 amide bonds. The number of benzene rings is 2. The predicted octanol–water partition coefficient (Wildman–Crippen LogP) is 2.32. The third-order valence-corrected chi connectivity index (χ3v) is 6.30. The van der Waals surface area contributed by atoms with Crippen molar-refractivity contribution in [1.82, 2.24) is 14.4 Å². The van der Waals surface area contributed by atoms with Crippen LogP contribution in [0.1, 0.15) is 6.04 Å². The average Bonchev–Trinajstić information content (AvgIpc) is 3.42. The molecule has 3 aromatic rings. The molecule has 0 aliphatic carbocycles. The molecule has 3 aliphatic rings. The number of hydrogen-bond acceptors (Lipinski definition) is 6. The molecule has 172 valence electrons. The van der Waals surface area contributed by atoms with Crippen molar-refractivity contribution in [1.29, 1.82) is 0 Å². The number of aromatic nitrogens is 2. The number of amidine groups is 1. The molecular formula is C24H22N5O5+. The van der Waals surface area contributed by atoms with E-state index in [0.29, 0.717) is 42.2 Å². The molecule has 0 saturated carbocycles. The number of amides is 3. The van der Waals surface area contributed by atoms with Gasteiger partial charge in [0.2, 0.25) is 11.9 Å². The molecule has 1 fully saturated rings. The summed E-state index contributed by atoms with van der Waals surface area (Å²) in [5.41, 5.74) is 2.48. The lowest BCUT2D eigenvalue weighted by atomic mass is 10.1. The fraction of sp³-hybridized carbons (Fsp3) is 0.250. The lowest BCUT2D eigenvalue weighted by Gasteiger charge is -2.30. The fourth-order valence-electron chi connectivity index (χ4n) is 4.56. The topological polar surface area (TPSA) is 89.5 Å². The number of rotatable bonds is 3. The van der Waals surface area contributed by atoms with Gasteiger partial charge < -0.3 is 14.2 Å². The van der Waals surface area contributed by atoms with E-state index < -0.39 is 12.1 Å². The van der Waals surface area contributed by atoms with Crippen LogP contribution in [0.25, 0.3) is 16.9 Å². The van der Waals surface area contributed by atoms with Crippen molar-refractivity contribution >= 4 is 23.7 Å². The molecule has 0 bridgehead atoms. The SMILES string of the molecule is COc1cccc(-c2c[n+]3c(n2-c2ccc4c(c2)OCCO4)N=C2C3C(=O)N(C)C(=O)N2C)c1. The van der Waals surface area contributed by atoms with Gasteiger partial charge in [0.1, 0.15) is 36.5 Å². The van der Waals surface area contributed by atoms with Gasteiger partial charge in [-0.3, -0.25) is 14.6 Å². The predicted molar refractivity (Wildman–Crippen MR) is 121 cm³/mol. The van der Waals surface area contributed by atoms with Gasteiger partial charge in [0.25, 0.3) is 5.91 Å². The highest BCUT2D eigenvalue weighted by atomic mass is 16.6. The van der Waals surface area contributed by atoms with Crippen molar-refractivity contribution < 1.29 is 28.4 Å². The summed E-state index contributed by atoms with van der Waals surface area (Å²) in [5, 5.41) is 0. The van der Waals surface area contributed by atoms with E-state index in [2.05, 4.69) is 0 Å². The highest BCUT2D eigenvalue weighted by Gasteiger charge is 2.52. The summed E-state index contributed by atoms with van der Waals surface area (Å²) in [5.74, 6) is 2.61. The maximum absolute atomic E-state index is 13.1. The van der Waals surface area contributed by atoms with Gasteiger partial charge in [-0.15, -0.1) is 0 Å². The molecule has 6 rings (SSSR count). The molecule has 34 heavy (non-hydrogen) atoms. The van der Waals surface area contributed by atoms with E-state index in [9.17, 15) is 9.59 Å². The van der Waals surface area contributed by atoms with Gasteiger partial charge in [0.05, 0.1) is 7.11 Å². The Kier molecular flexibility index (Phi) is 4.38. The van der Waals surface area contributed by atoms with Gasteiger partial charge in [-0.05, 0) is 24.3 Å². The average molecular weight is 460 g/mol. The van der Waals surface area contributed by atoms with E-state index in [1.807, 2.05) is 57.8 Å². The Morgan fingerprint density at radius 1 is 1.03 bits per heavy atom. The fourth-order valence-corrected chi connectivity index (χ4v) is 4.56. The summed E-state index contributed by atoms with van der Waals surface area (Å²) in [6, 6.07) is 12.2. The largest absolute Gasteiger partial charge is 0.497 e. The van der Waals surface area contributed by atoms with E-state index in [1.54, 1.807) is 14.2 Å². The summed E-state index contributed by atoms with van der Waals surface area (Å²) in [7, 11) is 4.73. The smallest absolute Gasteiger partial charge is 0.407 e. The summed E-state index contributed by atoms with van der Waals surface area (Å²) in [4.78, 5) is 32.9. The number of hydrogen-bond donors (Lipinski definition) is 0. The molecule has 1 saturated heterocycles. The van der Waals surface area contributed by atoms with Crippen LogP contribution >= 0.6 is 0 Å². The quantitative estimate of drug-likeness (QED) is 0.560. The molecule has 10 nitrogen and oxygen atoms in total. The number of carbonyl (C=O) groups is 2. The summed E-state index contributed by atoms with van der Waals surface area (Å²) in [6.45, 7) is 0.970. The Morgan fingerprint density at radius 2 is 1.82 bits per heavy atom. The number of likely N-dealkylation sites (N-methyl/N-ethyl adjacent to an activating group) is 2. The minimum absolute atomic E-state index is 0.331. The second kappa shape index (κ2) is 7.34. The first-order valence-electron chi connectivity index (χ1n) is 10.8. The Balaban J connectivity index is 1.59. The third-order valence-electron chi connectivity index (χ3n) is 6.30. The molecule has 0 radical (unpaired) electrons. The van der Waals surface area contributed by atoms with Crippen LogP contribution in [0.4, 0.5) is 10.7 Å². The van der Waals surface area contributed by atoms with E-state index >= 15 is 0 Å². The molecule has 2 aromatic carbocycles. The van der Waals surface area contributed by atoms with Crippen LogP contribution in [0.15, 0.2) is 53.7 Å². The lowest BCUT2D eigenvalue weighted by Crippen LogP contribution is -2.61. The van der Waals surface area contributed by atoms with E-state index in [1.165, 1.54) is 11.9 Å². The maximum atomic E-state index is 13.1. The third kappa shape index (κ3) is 2.81. The van der Waals surface area contributed by atoms with E-state index in [4.69, 9.17) is 19.2 Å². The van der Waals surface area contributed by atoms with Gasteiger partial charge in [-0.25, -0.2) is 9.36 Å². The highest BCUT2D eigenvalue weighted by molar-refractivity contribution is 6.18. The molecule has 0 spiro atoms. The zero-order valence-electron chi connectivity index (χ0n) is 18.9. The van der Waals surface area contributed by atoms with Crippen LogP contribution in [-0.4, -0.2) is 66.6 Å². The first kappa shape index (κ1) is 20.3. The lowest BCUT2D eigenvalue weighted by molar-refractivity contribution is -0.676. The first-order chi connectivity index (χ1) is 16.5. The molecule has 1 atom stereocenters. The number of imidazole rings is 1. The molecule has 1 aromatic heterocycles. The number of aliphatic imine (C=N–C) groups is 1. The Morgan fingerprint density at radius 3 is 2.62 bits per heavy atom. The van der Waals surface area contributed by atoms with Gasteiger partial charge in [0, 0.05) is 25.7 Å². The summed E-state index contributed by atoms with van der Waals surface area (Å²) < 4.78 is 20.7. The van der Waals surface area contributed by atoms with Crippen LogP contribution < -0.4 is 18.8 Å². The standard InChI is InChI=1S/C24H22N5O5/c1-26-21-20(22(30)27(2)24(26)31)28-13-17(14-5-4-6-16(11-14)32-3)29(23(28)25-21)15-7-8-18-19(12-15)34-10-9-33-18/h4-8,11-13,20H,9-10H2,1-3H3/q+1. The Bertz CT molecular complexity index is 1390. The van der Waals surface area contributed by atoms with Gasteiger partial charge in [-0.1, -0.05) is 17.1 Å². The minimum atomic E-state index is -0.731. The number of methoxy groups -OCH3 is 1. The monoisotopic (exact) mass is 460 g/mol. The molecule has 4 heterocycles. The minimum Gasteiger partial charge on any atom is -0.497 e. The Hall–Kier alpha value is -4.34. The zero-order valence-corrected chi connectivity index (χ0v) is 18.9. The molecule has 10 heteroatoms. The van der Waals surface area contributed by atoms with Gasteiger partial charge in [0.15, 0.2) is 11.5 Å². The Labute approximate surface area is 195 Å². The number of ether oxygens (including phenoxy) is 3. The second-order valence-corrected chi connectivity index (χ2v) is 8.23. The van der Waals surface area contributed by atoms with Crippen LogP contribution in [-0.2, 0) is 4.79 Å². The van der Waals surface area contributed by atoms with Crippen LogP contribution in [0.2, 0.25) is 0 Å². The number of nitrogens with zero attached hydrogens (tertiary/aromatic N) is 5. The van der Waals surface area contributed by atoms with Crippen LogP contribution in [0, 0.1) is 0 Å². The normalized spacial score (nSPS) is 18.6. The van der Waals surface area contributed by atoms with Crippen molar-refractivity contribution in [2.24, 2.45) is 4.99 Å².